The van der Waals surface area contributed by atoms with Crippen LogP contribution >= 0.6 is 11.3 Å². The molecule has 0 N–H and O–H groups in total. The second-order valence-electron chi connectivity index (χ2n) is 7.07. The van der Waals surface area contributed by atoms with E-state index in [1.165, 1.54) is 11.4 Å². The molecule has 1 amide bonds. The standard InChI is InChI=1S/C18H23N3O2S/c1-14-15(2-10-23-14)17(22)21-8-4-18(5-9-21)3-7-20(13-18)12-16-19-6-11-24-16/h2,6,10-11H,3-5,7-9,12-13H2,1H3. The maximum atomic E-state index is 12.6. The number of thiazole rings is 1. The summed E-state index contributed by atoms with van der Waals surface area (Å²) in [5.74, 6) is 0.838. The molecule has 24 heavy (non-hydrogen) atoms. The van der Waals surface area contributed by atoms with Gasteiger partial charge in [0.1, 0.15) is 10.8 Å². The molecule has 4 rings (SSSR count). The number of nitrogens with zero attached hydrogens (tertiary/aromatic N) is 3. The summed E-state index contributed by atoms with van der Waals surface area (Å²) in [5.41, 5.74) is 1.10. The third-order valence-electron chi connectivity index (χ3n) is 5.56. The van der Waals surface area contributed by atoms with E-state index in [1.54, 1.807) is 23.7 Å². The van der Waals surface area contributed by atoms with Crippen LogP contribution in [0.2, 0.25) is 0 Å². The fourth-order valence-corrected chi connectivity index (χ4v) is 4.71. The quantitative estimate of drug-likeness (QED) is 0.857. The minimum atomic E-state index is 0.119. The van der Waals surface area contributed by atoms with Gasteiger partial charge in [-0.3, -0.25) is 9.69 Å². The first-order valence-corrected chi connectivity index (χ1v) is 9.47. The Morgan fingerprint density at radius 1 is 1.33 bits per heavy atom. The van der Waals surface area contributed by atoms with Crippen molar-refractivity contribution in [3.63, 3.8) is 0 Å². The third-order valence-corrected chi connectivity index (χ3v) is 6.32. The van der Waals surface area contributed by atoms with Crippen LogP contribution in [0.5, 0.6) is 0 Å². The highest BCUT2D eigenvalue weighted by atomic mass is 32.1. The molecule has 2 aliphatic heterocycles. The average Bonchev–Trinajstić information content (AvgIpc) is 3.31. The molecule has 1 spiro atoms. The van der Waals surface area contributed by atoms with Gasteiger partial charge in [-0.1, -0.05) is 0 Å². The van der Waals surface area contributed by atoms with Crippen LogP contribution in [0, 0.1) is 12.3 Å². The Morgan fingerprint density at radius 3 is 2.79 bits per heavy atom. The lowest BCUT2D eigenvalue weighted by atomic mass is 9.77. The van der Waals surface area contributed by atoms with Crippen LogP contribution in [0.25, 0.3) is 0 Å². The van der Waals surface area contributed by atoms with Gasteiger partial charge < -0.3 is 9.32 Å². The molecular weight excluding hydrogens is 322 g/mol. The van der Waals surface area contributed by atoms with Crippen molar-refractivity contribution >= 4 is 17.2 Å². The predicted octanol–water partition coefficient (Wildman–Crippen LogP) is 3.17. The van der Waals surface area contributed by atoms with Crippen molar-refractivity contribution in [3.8, 4) is 0 Å². The smallest absolute Gasteiger partial charge is 0.257 e. The van der Waals surface area contributed by atoms with Gasteiger partial charge in [-0.05, 0) is 44.2 Å². The number of amides is 1. The lowest BCUT2D eigenvalue weighted by Gasteiger charge is -2.39. The zero-order chi connectivity index (χ0) is 16.6. The van der Waals surface area contributed by atoms with Crippen LogP contribution < -0.4 is 0 Å². The number of hydrogen-bond acceptors (Lipinski definition) is 5. The summed E-state index contributed by atoms with van der Waals surface area (Å²) in [6.45, 7) is 6.82. The molecule has 2 aromatic rings. The number of carbonyl (C=O) groups excluding carboxylic acids is 1. The van der Waals surface area contributed by atoms with Gasteiger partial charge in [0.25, 0.3) is 5.91 Å². The summed E-state index contributed by atoms with van der Waals surface area (Å²) in [6.07, 6.45) is 6.93. The SMILES string of the molecule is Cc1occc1C(=O)N1CCC2(CCN(Cc3nccs3)C2)CC1. The Morgan fingerprint density at radius 2 is 2.12 bits per heavy atom. The number of rotatable bonds is 3. The Balaban J connectivity index is 1.34. The Kier molecular flexibility index (Phi) is 4.18. The molecule has 0 saturated carbocycles. The van der Waals surface area contributed by atoms with Crippen molar-refractivity contribution in [1.82, 2.24) is 14.8 Å². The highest BCUT2D eigenvalue weighted by Crippen LogP contribution is 2.41. The fraction of sp³-hybridized carbons (Fsp3) is 0.556. The summed E-state index contributed by atoms with van der Waals surface area (Å²) in [7, 11) is 0. The van der Waals surface area contributed by atoms with Gasteiger partial charge in [0, 0.05) is 31.2 Å². The molecule has 0 atom stereocenters. The van der Waals surface area contributed by atoms with Crippen molar-refractivity contribution in [1.29, 1.82) is 0 Å². The Bertz CT molecular complexity index is 702. The van der Waals surface area contributed by atoms with Gasteiger partial charge >= 0.3 is 0 Å². The summed E-state index contributed by atoms with van der Waals surface area (Å²) in [4.78, 5) is 21.5. The van der Waals surface area contributed by atoms with Gasteiger partial charge in [-0.2, -0.15) is 0 Å². The lowest BCUT2D eigenvalue weighted by molar-refractivity contribution is 0.0586. The molecule has 0 aliphatic carbocycles. The molecule has 2 aliphatic rings. The van der Waals surface area contributed by atoms with Gasteiger partial charge in [-0.15, -0.1) is 11.3 Å². The van der Waals surface area contributed by atoms with Gasteiger partial charge in [0.15, 0.2) is 0 Å². The Labute approximate surface area is 146 Å². The first-order chi connectivity index (χ1) is 11.7. The highest BCUT2D eigenvalue weighted by molar-refractivity contribution is 7.09. The van der Waals surface area contributed by atoms with Crippen LogP contribution in [0.3, 0.4) is 0 Å². The maximum absolute atomic E-state index is 12.6. The molecule has 5 nitrogen and oxygen atoms in total. The van der Waals surface area contributed by atoms with Crippen LogP contribution in [-0.4, -0.2) is 46.9 Å². The molecule has 0 aromatic carbocycles. The van der Waals surface area contributed by atoms with Crippen molar-refractivity contribution in [2.45, 2.75) is 32.7 Å². The number of hydrogen-bond donors (Lipinski definition) is 0. The first kappa shape index (κ1) is 15.8. The summed E-state index contributed by atoms with van der Waals surface area (Å²) in [5, 5.41) is 3.25. The van der Waals surface area contributed by atoms with Crippen LogP contribution in [0.1, 0.15) is 40.4 Å². The number of aromatic nitrogens is 1. The number of furan rings is 1. The van der Waals surface area contributed by atoms with E-state index in [-0.39, 0.29) is 5.91 Å². The number of likely N-dealkylation sites (tertiary alicyclic amines) is 2. The fourth-order valence-electron chi connectivity index (χ4n) is 4.05. The van der Waals surface area contributed by atoms with Crippen molar-refractivity contribution in [3.05, 3.63) is 40.2 Å². The average molecular weight is 345 g/mol. The molecule has 4 heterocycles. The summed E-state index contributed by atoms with van der Waals surface area (Å²) in [6, 6.07) is 1.79. The minimum Gasteiger partial charge on any atom is -0.469 e. The Hall–Kier alpha value is -1.66. The van der Waals surface area contributed by atoms with E-state index in [1.807, 2.05) is 23.4 Å². The summed E-state index contributed by atoms with van der Waals surface area (Å²) < 4.78 is 5.27. The van der Waals surface area contributed by atoms with E-state index < -0.39 is 0 Å². The van der Waals surface area contributed by atoms with Crippen LogP contribution in [-0.2, 0) is 6.54 Å². The zero-order valence-electron chi connectivity index (χ0n) is 14.0. The largest absolute Gasteiger partial charge is 0.469 e. The van der Waals surface area contributed by atoms with E-state index in [0.717, 1.165) is 51.3 Å². The number of aryl methyl sites for hydroxylation is 1. The first-order valence-electron chi connectivity index (χ1n) is 8.59. The molecular formula is C18H23N3O2S. The van der Waals surface area contributed by atoms with E-state index in [9.17, 15) is 4.79 Å². The molecule has 0 radical (unpaired) electrons. The van der Waals surface area contributed by atoms with E-state index in [4.69, 9.17) is 4.42 Å². The second-order valence-corrected chi connectivity index (χ2v) is 8.05. The van der Waals surface area contributed by atoms with E-state index >= 15 is 0 Å². The van der Waals surface area contributed by atoms with Gasteiger partial charge in [0.2, 0.25) is 0 Å². The molecule has 0 unspecified atom stereocenters. The van der Waals surface area contributed by atoms with E-state index in [2.05, 4.69) is 9.88 Å². The molecule has 0 bridgehead atoms. The van der Waals surface area contributed by atoms with Gasteiger partial charge in [-0.25, -0.2) is 4.98 Å². The predicted molar refractivity (Wildman–Crippen MR) is 93.0 cm³/mol. The zero-order valence-corrected chi connectivity index (χ0v) is 14.8. The third kappa shape index (κ3) is 3.00. The van der Waals surface area contributed by atoms with Crippen LogP contribution in [0.15, 0.2) is 28.3 Å². The normalized spacial score (nSPS) is 20.8. The van der Waals surface area contributed by atoms with Crippen LogP contribution in [0.4, 0.5) is 0 Å². The second kappa shape index (κ2) is 6.33. The van der Waals surface area contributed by atoms with Crippen molar-refractivity contribution in [2.24, 2.45) is 5.41 Å². The molecule has 128 valence electrons. The van der Waals surface area contributed by atoms with Crippen molar-refractivity contribution < 1.29 is 9.21 Å². The van der Waals surface area contributed by atoms with Gasteiger partial charge in [0.05, 0.1) is 18.4 Å². The topological polar surface area (TPSA) is 49.6 Å². The number of carbonyl (C=O) groups is 1. The highest BCUT2D eigenvalue weighted by Gasteiger charge is 2.41. The maximum Gasteiger partial charge on any atom is 0.257 e. The molecule has 2 aromatic heterocycles. The monoisotopic (exact) mass is 345 g/mol. The van der Waals surface area contributed by atoms with E-state index in [0.29, 0.717) is 11.0 Å². The molecule has 2 fully saturated rings. The molecule has 2 saturated heterocycles. The summed E-state index contributed by atoms with van der Waals surface area (Å²) >= 11 is 1.73. The molecule has 6 heteroatoms. The lowest BCUT2D eigenvalue weighted by Crippen LogP contribution is -2.44. The number of piperidine rings is 1. The minimum absolute atomic E-state index is 0.119. The van der Waals surface area contributed by atoms with Crippen molar-refractivity contribution in [2.75, 3.05) is 26.2 Å².